The van der Waals surface area contributed by atoms with Gasteiger partial charge in [0, 0.05) is 25.2 Å². The molecule has 1 saturated carbocycles. The van der Waals surface area contributed by atoms with Gasteiger partial charge >= 0.3 is 12.4 Å². The number of allylic oxidation sites excluding steroid dienone is 1. The van der Waals surface area contributed by atoms with Crippen LogP contribution in [0.1, 0.15) is 41.8 Å². The lowest BCUT2D eigenvalue weighted by molar-refractivity contribution is -0.142. The van der Waals surface area contributed by atoms with Crippen molar-refractivity contribution in [3.05, 3.63) is 52.6 Å². The highest BCUT2D eigenvalue weighted by Gasteiger charge is 2.40. The number of hydrogen-bond acceptors (Lipinski definition) is 5. The molecule has 0 aromatic carbocycles. The zero-order chi connectivity index (χ0) is 22.3. The van der Waals surface area contributed by atoms with Crippen LogP contribution in [0.5, 0.6) is 0 Å². The topological polar surface area (TPSA) is 85.1 Å². The normalized spacial score (nSPS) is 15.6. The van der Waals surface area contributed by atoms with Crippen LogP contribution in [0.4, 0.5) is 26.3 Å². The Hall–Kier alpha value is -3.18. The Balaban J connectivity index is 2.00. The van der Waals surface area contributed by atoms with Gasteiger partial charge in [0.05, 0.1) is 12.1 Å². The number of pyridine rings is 1. The van der Waals surface area contributed by atoms with Gasteiger partial charge in [-0.05, 0) is 18.1 Å². The molecule has 6 nitrogen and oxygen atoms in total. The second-order valence-corrected chi connectivity index (χ2v) is 6.56. The van der Waals surface area contributed by atoms with Crippen LogP contribution < -0.4 is 0 Å². The highest BCUT2D eigenvalue weighted by molar-refractivity contribution is 6.25. The highest BCUT2D eigenvalue weighted by Crippen LogP contribution is 2.35. The molecule has 0 bridgehead atoms. The van der Waals surface area contributed by atoms with Gasteiger partial charge in [-0.3, -0.25) is 19.3 Å². The van der Waals surface area contributed by atoms with Crippen molar-refractivity contribution in [2.45, 2.75) is 38.2 Å². The number of carbonyl (C=O) groups is 2. The first-order valence-corrected chi connectivity index (χ1v) is 8.54. The molecule has 0 radical (unpaired) electrons. The third-order valence-corrected chi connectivity index (χ3v) is 4.35. The van der Waals surface area contributed by atoms with E-state index in [1.54, 1.807) is 0 Å². The summed E-state index contributed by atoms with van der Waals surface area (Å²) >= 11 is 0. The van der Waals surface area contributed by atoms with Crippen molar-refractivity contribution >= 4 is 17.3 Å². The SMILES string of the molecule is O=C1CCCC(=O)C1=C(O)c1cn(Cc2ccc(C(F)(F)F)nc2)nc1C(F)(F)F. The molecule has 0 unspecified atom stereocenters. The Morgan fingerprint density at radius 3 is 2.17 bits per heavy atom. The standard InChI is InChI=1S/C18H13F6N3O3/c19-17(20,21)13-5-4-9(6-25-13)7-27-8-10(16(26-27)18(22,23)24)15(30)14-11(28)2-1-3-12(14)29/h4-6,8,30H,1-3,7H2. The van der Waals surface area contributed by atoms with Crippen molar-refractivity contribution in [3.63, 3.8) is 0 Å². The first kappa shape index (κ1) is 21.5. The molecule has 0 atom stereocenters. The number of hydrogen-bond donors (Lipinski definition) is 1. The maximum atomic E-state index is 13.4. The lowest BCUT2D eigenvalue weighted by atomic mass is 9.90. The number of aliphatic hydroxyl groups is 1. The molecule has 160 valence electrons. The minimum absolute atomic E-state index is 0.0855. The molecule has 2 heterocycles. The Morgan fingerprint density at radius 1 is 1.03 bits per heavy atom. The molecular formula is C18H13F6N3O3. The predicted molar refractivity (Wildman–Crippen MR) is 89.0 cm³/mol. The summed E-state index contributed by atoms with van der Waals surface area (Å²) in [7, 11) is 0. The van der Waals surface area contributed by atoms with Crippen LogP contribution in [0.2, 0.25) is 0 Å². The lowest BCUT2D eigenvalue weighted by Crippen LogP contribution is -2.21. The summed E-state index contributed by atoms with van der Waals surface area (Å²) in [5.74, 6) is -2.65. The summed E-state index contributed by atoms with van der Waals surface area (Å²) in [6.07, 6.45) is -8.01. The number of aliphatic hydroxyl groups excluding tert-OH is 1. The highest BCUT2D eigenvalue weighted by atomic mass is 19.4. The number of Topliss-reactive ketones (excluding diaryl/α,β-unsaturated/α-hetero) is 2. The maximum absolute atomic E-state index is 13.4. The van der Waals surface area contributed by atoms with Crippen LogP contribution in [0.15, 0.2) is 30.1 Å². The van der Waals surface area contributed by atoms with E-state index in [0.29, 0.717) is 6.07 Å². The molecule has 0 amide bonds. The van der Waals surface area contributed by atoms with Crippen LogP contribution in [-0.2, 0) is 28.5 Å². The zero-order valence-corrected chi connectivity index (χ0v) is 15.0. The molecule has 1 aliphatic rings. The largest absolute Gasteiger partial charge is 0.506 e. The van der Waals surface area contributed by atoms with Crippen molar-refractivity contribution in [2.24, 2.45) is 0 Å². The van der Waals surface area contributed by atoms with Crippen LogP contribution in [0.25, 0.3) is 5.76 Å². The smallest absolute Gasteiger partial charge is 0.435 e. The van der Waals surface area contributed by atoms with Gasteiger partial charge in [-0.2, -0.15) is 31.4 Å². The molecular weight excluding hydrogens is 420 g/mol. The van der Waals surface area contributed by atoms with Gasteiger partial charge in [-0.25, -0.2) is 0 Å². The molecule has 2 aromatic rings. The lowest BCUT2D eigenvalue weighted by Gasteiger charge is -2.14. The van der Waals surface area contributed by atoms with E-state index in [9.17, 15) is 41.0 Å². The van der Waals surface area contributed by atoms with Crippen LogP contribution in [0, 0.1) is 0 Å². The fourth-order valence-electron chi connectivity index (χ4n) is 2.97. The number of carbonyl (C=O) groups excluding carboxylic acids is 2. The van der Waals surface area contributed by atoms with E-state index in [4.69, 9.17) is 0 Å². The van der Waals surface area contributed by atoms with Crippen molar-refractivity contribution in [1.82, 2.24) is 14.8 Å². The van der Waals surface area contributed by atoms with Gasteiger partial charge < -0.3 is 5.11 Å². The van der Waals surface area contributed by atoms with E-state index in [1.807, 2.05) is 0 Å². The van der Waals surface area contributed by atoms with Crippen molar-refractivity contribution < 1.29 is 41.0 Å². The van der Waals surface area contributed by atoms with Gasteiger partial charge in [0.2, 0.25) is 0 Å². The molecule has 30 heavy (non-hydrogen) atoms. The Kier molecular flexibility index (Phi) is 5.44. The third-order valence-electron chi connectivity index (χ3n) is 4.35. The Labute approximate surface area is 164 Å². The van der Waals surface area contributed by atoms with Crippen LogP contribution in [-0.4, -0.2) is 31.4 Å². The summed E-state index contributed by atoms with van der Waals surface area (Å²) in [6.45, 7) is -0.390. The Bertz CT molecular complexity index is 1000. The minimum Gasteiger partial charge on any atom is -0.506 e. The maximum Gasteiger partial charge on any atom is 0.435 e. The average Bonchev–Trinajstić information content (AvgIpc) is 3.05. The van der Waals surface area contributed by atoms with Crippen LogP contribution in [0.3, 0.4) is 0 Å². The molecule has 0 aliphatic heterocycles. The van der Waals surface area contributed by atoms with E-state index in [-0.39, 0.29) is 24.8 Å². The number of halogens is 6. The second-order valence-electron chi connectivity index (χ2n) is 6.56. The van der Waals surface area contributed by atoms with Crippen molar-refractivity contribution in [2.75, 3.05) is 0 Å². The first-order chi connectivity index (χ1) is 13.9. The van der Waals surface area contributed by atoms with E-state index < -0.39 is 58.7 Å². The fraction of sp³-hybridized carbons (Fsp3) is 0.333. The number of rotatable bonds is 3. The zero-order valence-electron chi connectivity index (χ0n) is 15.0. The summed E-state index contributed by atoms with van der Waals surface area (Å²) in [5.41, 5.74) is -4.15. The summed E-state index contributed by atoms with van der Waals surface area (Å²) in [5, 5.41) is 13.6. The monoisotopic (exact) mass is 433 g/mol. The molecule has 3 rings (SSSR count). The van der Waals surface area contributed by atoms with E-state index in [0.717, 1.165) is 23.1 Å². The van der Waals surface area contributed by atoms with Gasteiger partial charge in [0.1, 0.15) is 17.0 Å². The van der Waals surface area contributed by atoms with Gasteiger partial charge in [-0.1, -0.05) is 6.07 Å². The van der Waals surface area contributed by atoms with E-state index in [1.165, 1.54) is 0 Å². The van der Waals surface area contributed by atoms with Gasteiger partial charge in [0.15, 0.2) is 17.3 Å². The van der Waals surface area contributed by atoms with Crippen LogP contribution >= 0.6 is 0 Å². The van der Waals surface area contributed by atoms with E-state index in [2.05, 4.69) is 10.1 Å². The summed E-state index contributed by atoms with van der Waals surface area (Å²) in [4.78, 5) is 27.1. The predicted octanol–water partition coefficient (Wildman–Crippen LogP) is 3.96. The molecule has 12 heteroatoms. The summed E-state index contributed by atoms with van der Waals surface area (Å²) in [6, 6.07) is 1.69. The van der Waals surface area contributed by atoms with Gasteiger partial charge in [-0.15, -0.1) is 0 Å². The number of alkyl halides is 6. The average molecular weight is 433 g/mol. The van der Waals surface area contributed by atoms with Crippen molar-refractivity contribution in [3.8, 4) is 0 Å². The first-order valence-electron chi connectivity index (χ1n) is 8.54. The quantitative estimate of drug-likeness (QED) is 0.343. The number of aromatic nitrogens is 3. The molecule has 2 aromatic heterocycles. The van der Waals surface area contributed by atoms with Gasteiger partial charge in [0.25, 0.3) is 0 Å². The fourth-order valence-corrected chi connectivity index (χ4v) is 2.97. The molecule has 0 spiro atoms. The molecule has 1 aliphatic carbocycles. The Morgan fingerprint density at radius 2 is 1.67 bits per heavy atom. The van der Waals surface area contributed by atoms with Crippen molar-refractivity contribution in [1.29, 1.82) is 0 Å². The third kappa shape index (κ3) is 4.36. The number of ketones is 2. The van der Waals surface area contributed by atoms with E-state index >= 15 is 0 Å². The molecule has 1 N–H and O–H groups in total. The number of nitrogens with zero attached hydrogens (tertiary/aromatic N) is 3. The molecule has 1 fully saturated rings. The molecule has 0 saturated heterocycles. The summed E-state index contributed by atoms with van der Waals surface area (Å²) < 4.78 is 78.6. The minimum atomic E-state index is -5.02. The second kappa shape index (κ2) is 7.58.